The highest BCUT2D eigenvalue weighted by Crippen LogP contribution is 2.34. The van der Waals surface area contributed by atoms with E-state index in [-0.39, 0.29) is 24.4 Å². The lowest BCUT2D eigenvalue weighted by atomic mass is 10.0. The summed E-state index contributed by atoms with van der Waals surface area (Å²) in [7, 11) is 4.68. The lowest BCUT2D eigenvalue weighted by Crippen LogP contribution is -2.47. The molecule has 1 heterocycles. The van der Waals surface area contributed by atoms with E-state index in [0.717, 1.165) is 31.2 Å². The average Bonchev–Trinajstić information content (AvgIpc) is 3.65. The first-order chi connectivity index (χ1) is 19.5. The molecule has 0 spiro atoms. The topological polar surface area (TPSA) is 108 Å². The third-order valence-corrected chi connectivity index (χ3v) is 7.22. The van der Waals surface area contributed by atoms with Crippen LogP contribution in [-0.2, 0) is 16.1 Å². The van der Waals surface area contributed by atoms with E-state index >= 15 is 0 Å². The van der Waals surface area contributed by atoms with Gasteiger partial charge in [-0.25, -0.2) is 4.68 Å². The number of hydrogen-bond donors (Lipinski definition) is 1. The molecule has 1 fully saturated rings. The predicted octanol–water partition coefficient (Wildman–Crippen LogP) is 4.29. The summed E-state index contributed by atoms with van der Waals surface area (Å²) in [6, 6.07) is 18.8. The molecule has 1 aromatic heterocycles. The number of ether oxygens (including phenoxy) is 3. The molecule has 5 rings (SSSR count). The molecule has 0 saturated heterocycles. The van der Waals surface area contributed by atoms with Gasteiger partial charge in [-0.2, -0.15) is 0 Å². The van der Waals surface area contributed by atoms with Crippen LogP contribution in [0.3, 0.4) is 0 Å². The molecule has 2 amide bonds. The van der Waals surface area contributed by atoms with Gasteiger partial charge in [0.25, 0.3) is 0 Å². The molecule has 0 aliphatic heterocycles. The van der Waals surface area contributed by atoms with Crippen LogP contribution in [-0.4, -0.2) is 54.2 Å². The van der Waals surface area contributed by atoms with Crippen molar-refractivity contribution >= 4 is 28.5 Å². The van der Waals surface area contributed by atoms with Crippen LogP contribution in [0.2, 0.25) is 0 Å². The summed E-state index contributed by atoms with van der Waals surface area (Å²) < 4.78 is 17.9. The van der Waals surface area contributed by atoms with Gasteiger partial charge in [0.1, 0.15) is 35.4 Å². The predicted molar refractivity (Wildman–Crippen MR) is 151 cm³/mol. The lowest BCUT2D eigenvalue weighted by Gasteiger charge is -2.32. The van der Waals surface area contributed by atoms with Gasteiger partial charge in [0.15, 0.2) is 0 Å². The summed E-state index contributed by atoms with van der Waals surface area (Å²) >= 11 is 0. The Hall–Kier alpha value is -4.60. The zero-order valence-corrected chi connectivity index (χ0v) is 22.9. The first-order valence-corrected chi connectivity index (χ1v) is 13.3. The number of methoxy groups -OCH3 is 3. The first-order valence-electron chi connectivity index (χ1n) is 13.3. The molecular formula is C30H33N5O5. The minimum Gasteiger partial charge on any atom is -0.497 e. The van der Waals surface area contributed by atoms with Crippen LogP contribution in [0.1, 0.15) is 37.3 Å². The Labute approximate surface area is 232 Å². The zero-order chi connectivity index (χ0) is 28.1. The first kappa shape index (κ1) is 27.0. The quantitative estimate of drug-likeness (QED) is 0.318. The number of amides is 2. The van der Waals surface area contributed by atoms with E-state index in [1.807, 2.05) is 24.3 Å². The maximum atomic E-state index is 14.2. The smallest absolute Gasteiger partial charge is 0.249 e. The van der Waals surface area contributed by atoms with Gasteiger partial charge >= 0.3 is 0 Å². The number of para-hydroxylation sites is 1. The lowest BCUT2D eigenvalue weighted by molar-refractivity contribution is -0.127. The number of fused-ring (bicyclic) bond motifs is 1. The molecule has 1 aliphatic carbocycles. The van der Waals surface area contributed by atoms with Crippen LogP contribution in [0.15, 0.2) is 66.7 Å². The number of benzene rings is 3. The van der Waals surface area contributed by atoms with Gasteiger partial charge in [-0.3, -0.25) is 14.5 Å². The van der Waals surface area contributed by atoms with E-state index in [4.69, 9.17) is 14.2 Å². The van der Waals surface area contributed by atoms with Gasteiger partial charge in [-0.1, -0.05) is 30.2 Å². The van der Waals surface area contributed by atoms with Crippen LogP contribution >= 0.6 is 0 Å². The number of hydrogen-bond acceptors (Lipinski definition) is 7. The van der Waals surface area contributed by atoms with Crippen molar-refractivity contribution in [3.63, 3.8) is 0 Å². The molecule has 10 nitrogen and oxygen atoms in total. The van der Waals surface area contributed by atoms with E-state index in [1.54, 1.807) is 68.5 Å². The maximum Gasteiger partial charge on any atom is 0.249 e. The van der Waals surface area contributed by atoms with Crippen molar-refractivity contribution in [1.29, 1.82) is 0 Å². The molecule has 0 bridgehead atoms. The van der Waals surface area contributed by atoms with E-state index in [1.165, 1.54) is 4.90 Å². The SMILES string of the molecule is COc1ccc(N(C(=O)Cn2nnc3ccccc32)[C@H](C(=O)NC2CCCC2)c2cc(OC)cc(OC)c2)cc1. The summed E-state index contributed by atoms with van der Waals surface area (Å²) in [5.41, 5.74) is 2.49. The molecule has 1 aliphatic rings. The molecule has 1 atom stereocenters. The number of carbonyl (C=O) groups is 2. The van der Waals surface area contributed by atoms with Crippen molar-refractivity contribution in [2.75, 3.05) is 26.2 Å². The number of aromatic nitrogens is 3. The second-order valence-corrected chi connectivity index (χ2v) is 9.74. The Morgan fingerprint density at radius 1 is 0.925 bits per heavy atom. The Morgan fingerprint density at radius 2 is 1.57 bits per heavy atom. The third-order valence-electron chi connectivity index (χ3n) is 7.22. The summed E-state index contributed by atoms with van der Waals surface area (Å²) in [6.07, 6.45) is 3.93. The third kappa shape index (κ3) is 5.70. The molecular weight excluding hydrogens is 510 g/mol. The minimum absolute atomic E-state index is 0.0505. The molecule has 3 aromatic carbocycles. The van der Waals surface area contributed by atoms with Gasteiger partial charge in [-0.15, -0.1) is 5.10 Å². The highest BCUT2D eigenvalue weighted by molar-refractivity contribution is 6.01. The van der Waals surface area contributed by atoms with Gasteiger partial charge in [0, 0.05) is 17.8 Å². The molecule has 40 heavy (non-hydrogen) atoms. The molecule has 0 unspecified atom stereocenters. The molecule has 208 valence electrons. The Bertz CT molecular complexity index is 1460. The minimum atomic E-state index is -1.01. The largest absolute Gasteiger partial charge is 0.497 e. The fourth-order valence-corrected chi connectivity index (χ4v) is 5.17. The van der Waals surface area contributed by atoms with E-state index in [2.05, 4.69) is 15.6 Å². The van der Waals surface area contributed by atoms with Crippen LogP contribution in [0.5, 0.6) is 17.2 Å². The molecule has 10 heteroatoms. The van der Waals surface area contributed by atoms with Crippen molar-refractivity contribution in [3.05, 3.63) is 72.3 Å². The summed E-state index contributed by atoms with van der Waals surface area (Å²) in [5.74, 6) is 1.03. The van der Waals surface area contributed by atoms with Crippen molar-refractivity contribution in [1.82, 2.24) is 20.3 Å². The number of carbonyl (C=O) groups excluding carboxylic acids is 2. The molecule has 0 radical (unpaired) electrons. The molecule has 1 saturated carbocycles. The second kappa shape index (κ2) is 12.1. The number of nitrogens with one attached hydrogen (secondary N) is 1. The standard InChI is InChI=1S/C30H33N5O5/c1-38-23-14-12-22(13-15-23)35(28(36)19-34-27-11-7-6-10-26(27)32-33-34)29(30(37)31-21-8-4-5-9-21)20-16-24(39-2)18-25(17-20)40-3/h6-7,10-18,21,29H,4-5,8-9,19H2,1-3H3,(H,31,37)/t29-/m0/s1. The van der Waals surface area contributed by atoms with Gasteiger partial charge < -0.3 is 19.5 Å². The van der Waals surface area contributed by atoms with Crippen LogP contribution in [0, 0.1) is 0 Å². The fraction of sp³-hybridized carbons (Fsp3) is 0.333. The summed E-state index contributed by atoms with van der Waals surface area (Å²) in [5, 5.41) is 11.6. The second-order valence-electron chi connectivity index (χ2n) is 9.74. The zero-order valence-electron chi connectivity index (χ0n) is 22.9. The Balaban J connectivity index is 1.62. The Morgan fingerprint density at radius 3 is 2.23 bits per heavy atom. The number of anilines is 1. The average molecular weight is 544 g/mol. The summed E-state index contributed by atoms with van der Waals surface area (Å²) in [4.78, 5) is 29.9. The van der Waals surface area contributed by atoms with Gasteiger partial charge in [0.2, 0.25) is 11.8 Å². The van der Waals surface area contributed by atoms with E-state index < -0.39 is 6.04 Å². The molecule has 4 aromatic rings. The van der Waals surface area contributed by atoms with Crippen molar-refractivity contribution < 1.29 is 23.8 Å². The maximum absolute atomic E-state index is 14.2. The fourth-order valence-electron chi connectivity index (χ4n) is 5.17. The number of rotatable bonds is 10. The van der Waals surface area contributed by atoms with Crippen molar-refractivity contribution in [3.8, 4) is 17.2 Å². The van der Waals surface area contributed by atoms with Crippen LogP contribution < -0.4 is 24.4 Å². The summed E-state index contributed by atoms with van der Waals surface area (Å²) in [6.45, 7) is -0.124. The Kier molecular flexibility index (Phi) is 8.14. The van der Waals surface area contributed by atoms with E-state index in [9.17, 15) is 9.59 Å². The van der Waals surface area contributed by atoms with E-state index in [0.29, 0.717) is 34.0 Å². The monoisotopic (exact) mass is 543 g/mol. The van der Waals surface area contributed by atoms with Crippen LogP contribution in [0.25, 0.3) is 11.0 Å². The normalized spacial score (nSPS) is 14.1. The highest BCUT2D eigenvalue weighted by Gasteiger charge is 2.35. The molecule has 1 N–H and O–H groups in total. The van der Waals surface area contributed by atoms with Gasteiger partial charge in [-0.05, 0) is 66.9 Å². The number of nitrogens with zero attached hydrogens (tertiary/aromatic N) is 4. The van der Waals surface area contributed by atoms with Crippen molar-refractivity contribution in [2.45, 2.75) is 44.3 Å². The highest BCUT2D eigenvalue weighted by atomic mass is 16.5. The van der Waals surface area contributed by atoms with Crippen molar-refractivity contribution in [2.24, 2.45) is 0 Å². The van der Waals surface area contributed by atoms with Crippen LogP contribution in [0.4, 0.5) is 5.69 Å². The van der Waals surface area contributed by atoms with Gasteiger partial charge in [0.05, 0.1) is 26.8 Å².